The molecule has 0 aliphatic heterocycles. The summed E-state index contributed by atoms with van der Waals surface area (Å²) in [5, 5.41) is 13.7. The van der Waals surface area contributed by atoms with Crippen LogP contribution in [0.15, 0.2) is 18.2 Å². The van der Waals surface area contributed by atoms with E-state index in [1.165, 1.54) is 18.6 Å². The number of nitrogens with zero attached hydrogens (tertiary/aromatic N) is 1. The average molecular weight is 207 g/mol. The van der Waals surface area contributed by atoms with Crippen LogP contribution in [-0.2, 0) is 0 Å². The Morgan fingerprint density at radius 3 is 2.67 bits per heavy atom. The Bertz CT molecular complexity index is 388. The molecule has 5 heteroatoms. The fourth-order valence-electron chi connectivity index (χ4n) is 1.57. The van der Waals surface area contributed by atoms with Crippen LogP contribution in [0.1, 0.15) is 19.3 Å². The lowest BCUT2D eigenvalue weighted by atomic mass is 9.93. The summed E-state index contributed by atoms with van der Waals surface area (Å²) in [6, 6.07) is 5.01. The van der Waals surface area contributed by atoms with Crippen LogP contribution >= 0.6 is 0 Å². The Balaban J connectivity index is 2.14. The van der Waals surface area contributed by atoms with Gasteiger partial charge in [0, 0.05) is 18.2 Å². The number of non-ortho nitro benzene ring substituents is 1. The molecule has 0 saturated heterocycles. The van der Waals surface area contributed by atoms with Crippen molar-refractivity contribution in [3.05, 3.63) is 28.3 Å². The fourth-order valence-corrected chi connectivity index (χ4v) is 1.57. The first-order chi connectivity index (χ1) is 7.16. The molecule has 0 radical (unpaired) electrons. The van der Waals surface area contributed by atoms with Gasteiger partial charge < -0.3 is 11.1 Å². The summed E-state index contributed by atoms with van der Waals surface area (Å²) in [5.41, 5.74) is 6.99. The third-order valence-corrected chi connectivity index (χ3v) is 2.71. The first-order valence-corrected chi connectivity index (χ1v) is 4.97. The van der Waals surface area contributed by atoms with Crippen LogP contribution in [0.25, 0.3) is 0 Å². The molecule has 0 heterocycles. The average Bonchev–Trinajstić information content (AvgIpc) is 2.12. The molecule has 0 aromatic heterocycles. The minimum atomic E-state index is -0.441. The highest BCUT2D eigenvalue weighted by atomic mass is 16.6. The maximum absolute atomic E-state index is 10.5. The van der Waals surface area contributed by atoms with Crippen molar-refractivity contribution in [2.45, 2.75) is 25.3 Å². The number of rotatable bonds is 3. The Morgan fingerprint density at radius 2 is 2.20 bits per heavy atom. The molecule has 0 amide bonds. The van der Waals surface area contributed by atoms with Crippen molar-refractivity contribution in [1.82, 2.24) is 0 Å². The van der Waals surface area contributed by atoms with Gasteiger partial charge in [-0.15, -0.1) is 0 Å². The summed E-state index contributed by atoms with van der Waals surface area (Å²) >= 11 is 0. The van der Waals surface area contributed by atoms with Crippen molar-refractivity contribution in [3.63, 3.8) is 0 Å². The molecule has 1 saturated carbocycles. The molecule has 1 fully saturated rings. The van der Waals surface area contributed by atoms with E-state index < -0.39 is 4.92 Å². The van der Waals surface area contributed by atoms with Crippen LogP contribution in [-0.4, -0.2) is 11.0 Å². The second-order valence-corrected chi connectivity index (χ2v) is 3.80. The van der Waals surface area contributed by atoms with Crippen molar-refractivity contribution in [1.29, 1.82) is 0 Å². The summed E-state index contributed by atoms with van der Waals surface area (Å²) < 4.78 is 0. The highest BCUT2D eigenvalue weighted by Crippen LogP contribution is 2.28. The van der Waals surface area contributed by atoms with Crippen LogP contribution in [0, 0.1) is 10.1 Å². The van der Waals surface area contributed by atoms with Crippen LogP contribution in [0.5, 0.6) is 0 Å². The van der Waals surface area contributed by atoms with E-state index in [1.807, 2.05) is 0 Å². The zero-order valence-corrected chi connectivity index (χ0v) is 8.27. The molecular formula is C10H13N3O2. The second-order valence-electron chi connectivity index (χ2n) is 3.80. The molecule has 2 rings (SSSR count). The molecular weight excluding hydrogens is 194 g/mol. The number of anilines is 2. The number of nitrogen functional groups attached to an aromatic ring is 1. The van der Waals surface area contributed by atoms with E-state index >= 15 is 0 Å². The minimum Gasteiger partial charge on any atom is -0.397 e. The maximum Gasteiger partial charge on any atom is 0.271 e. The van der Waals surface area contributed by atoms with E-state index in [9.17, 15) is 10.1 Å². The van der Waals surface area contributed by atoms with Gasteiger partial charge in [-0.2, -0.15) is 0 Å². The molecule has 1 aliphatic rings. The van der Waals surface area contributed by atoms with E-state index in [2.05, 4.69) is 5.32 Å². The molecule has 0 unspecified atom stereocenters. The smallest absolute Gasteiger partial charge is 0.271 e. The Labute approximate surface area is 87.4 Å². The molecule has 3 N–H and O–H groups in total. The Hall–Kier alpha value is -1.78. The summed E-state index contributed by atoms with van der Waals surface area (Å²) in [7, 11) is 0. The lowest BCUT2D eigenvalue weighted by Gasteiger charge is -2.27. The molecule has 15 heavy (non-hydrogen) atoms. The van der Waals surface area contributed by atoms with Gasteiger partial charge in [0.1, 0.15) is 0 Å². The quantitative estimate of drug-likeness (QED) is 0.452. The summed E-state index contributed by atoms with van der Waals surface area (Å²) in [5.74, 6) is 0. The van der Waals surface area contributed by atoms with Gasteiger partial charge in [-0.05, 0) is 25.3 Å². The predicted octanol–water partition coefficient (Wildman–Crippen LogP) is 2.14. The molecule has 0 bridgehead atoms. The third-order valence-electron chi connectivity index (χ3n) is 2.71. The maximum atomic E-state index is 10.5. The van der Waals surface area contributed by atoms with Gasteiger partial charge in [-0.25, -0.2) is 0 Å². The lowest BCUT2D eigenvalue weighted by Crippen LogP contribution is -2.27. The zero-order valence-electron chi connectivity index (χ0n) is 8.27. The van der Waals surface area contributed by atoms with Crippen LogP contribution in [0.3, 0.4) is 0 Å². The zero-order chi connectivity index (χ0) is 10.8. The van der Waals surface area contributed by atoms with E-state index in [0.717, 1.165) is 18.5 Å². The van der Waals surface area contributed by atoms with Crippen LogP contribution in [0.4, 0.5) is 17.1 Å². The molecule has 1 aliphatic carbocycles. The van der Waals surface area contributed by atoms with Crippen LogP contribution in [0.2, 0.25) is 0 Å². The minimum absolute atomic E-state index is 0.0339. The molecule has 80 valence electrons. The van der Waals surface area contributed by atoms with Gasteiger partial charge in [0.15, 0.2) is 0 Å². The Morgan fingerprint density at radius 1 is 1.47 bits per heavy atom. The molecule has 1 aromatic carbocycles. The van der Waals surface area contributed by atoms with Crippen molar-refractivity contribution < 1.29 is 4.92 Å². The van der Waals surface area contributed by atoms with E-state index in [4.69, 9.17) is 5.73 Å². The van der Waals surface area contributed by atoms with Crippen molar-refractivity contribution in [2.24, 2.45) is 0 Å². The number of nitrogens with two attached hydrogens (primary N) is 1. The van der Waals surface area contributed by atoms with Crippen LogP contribution < -0.4 is 11.1 Å². The molecule has 5 nitrogen and oxygen atoms in total. The number of nitrogens with one attached hydrogen (secondary N) is 1. The first-order valence-electron chi connectivity index (χ1n) is 4.97. The first kappa shape index (κ1) is 9.76. The van der Waals surface area contributed by atoms with Crippen molar-refractivity contribution >= 4 is 17.1 Å². The Kier molecular flexibility index (Phi) is 2.45. The summed E-state index contributed by atoms with van der Waals surface area (Å²) in [4.78, 5) is 10.0. The topological polar surface area (TPSA) is 81.2 Å². The third kappa shape index (κ3) is 2.01. The predicted molar refractivity (Wildman–Crippen MR) is 58.8 cm³/mol. The number of hydrogen-bond donors (Lipinski definition) is 2. The molecule has 1 aromatic rings. The number of nitro groups is 1. The largest absolute Gasteiger partial charge is 0.397 e. The highest BCUT2D eigenvalue weighted by molar-refractivity contribution is 5.69. The normalized spacial score (nSPS) is 15.7. The number of nitro benzene ring substituents is 1. The van der Waals surface area contributed by atoms with Crippen molar-refractivity contribution in [2.75, 3.05) is 11.1 Å². The van der Waals surface area contributed by atoms with Crippen molar-refractivity contribution in [3.8, 4) is 0 Å². The number of hydrogen-bond acceptors (Lipinski definition) is 4. The van der Waals surface area contributed by atoms with Gasteiger partial charge in [-0.1, -0.05) is 0 Å². The lowest BCUT2D eigenvalue weighted by molar-refractivity contribution is -0.384. The standard InChI is InChI=1S/C10H13N3O2/c11-9-6-8(13(14)15)4-5-10(9)12-7-2-1-3-7/h4-7,12H,1-3,11H2. The van der Waals surface area contributed by atoms with Gasteiger partial charge in [-0.3, -0.25) is 10.1 Å². The molecule has 0 spiro atoms. The fraction of sp³-hybridized carbons (Fsp3) is 0.400. The second kappa shape index (κ2) is 3.76. The van der Waals surface area contributed by atoms with E-state index in [-0.39, 0.29) is 5.69 Å². The number of benzene rings is 1. The van der Waals surface area contributed by atoms with Gasteiger partial charge in [0.2, 0.25) is 0 Å². The van der Waals surface area contributed by atoms with E-state index in [0.29, 0.717) is 11.7 Å². The monoisotopic (exact) mass is 207 g/mol. The van der Waals surface area contributed by atoms with E-state index in [1.54, 1.807) is 6.07 Å². The molecule has 0 atom stereocenters. The highest BCUT2D eigenvalue weighted by Gasteiger charge is 2.18. The van der Waals surface area contributed by atoms with Gasteiger partial charge in [0.25, 0.3) is 5.69 Å². The van der Waals surface area contributed by atoms with Gasteiger partial charge in [0.05, 0.1) is 16.3 Å². The SMILES string of the molecule is Nc1cc([N+](=O)[O-])ccc1NC1CCC1. The summed E-state index contributed by atoms with van der Waals surface area (Å²) in [6.45, 7) is 0. The van der Waals surface area contributed by atoms with Gasteiger partial charge >= 0.3 is 0 Å². The summed E-state index contributed by atoms with van der Waals surface area (Å²) in [6.07, 6.45) is 3.54.